The SMILES string of the molecule is O=C(CCc1ncc(-c2ccc(Cl)cc2)o1)NCC1(c2ccccc2)CC1. The second-order valence-corrected chi connectivity index (χ2v) is 7.48. The van der Waals surface area contributed by atoms with Crippen LogP contribution >= 0.6 is 11.6 Å². The predicted molar refractivity (Wildman–Crippen MR) is 106 cm³/mol. The summed E-state index contributed by atoms with van der Waals surface area (Å²) < 4.78 is 5.75. The Morgan fingerprint density at radius 1 is 1.11 bits per heavy atom. The lowest BCUT2D eigenvalue weighted by Crippen LogP contribution is -2.32. The highest BCUT2D eigenvalue weighted by Crippen LogP contribution is 2.47. The third-order valence-corrected chi connectivity index (χ3v) is 5.36. The van der Waals surface area contributed by atoms with Gasteiger partial charge in [-0.3, -0.25) is 4.79 Å². The van der Waals surface area contributed by atoms with Crippen molar-refractivity contribution < 1.29 is 9.21 Å². The molecule has 0 bridgehead atoms. The van der Waals surface area contributed by atoms with E-state index < -0.39 is 0 Å². The third-order valence-electron chi connectivity index (χ3n) is 5.11. The van der Waals surface area contributed by atoms with Crippen molar-refractivity contribution in [2.75, 3.05) is 6.54 Å². The first kappa shape index (κ1) is 17.8. The Bertz CT molecular complexity index is 915. The van der Waals surface area contributed by atoms with Crippen LogP contribution in [-0.4, -0.2) is 17.4 Å². The summed E-state index contributed by atoms with van der Waals surface area (Å²) in [5.74, 6) is 1.28. The number of nitrogens with one attached hydrogen (secondary N) is 1. The predicted octanol–water partition coefficient (Wildman–Crippen LogP) is 4.78. The molecular formula is C22H21ClN2O2. The van der Waals surface area contributed by atoms with Crippen LogP contribution < -0.4 is 5.32 Å². The van der Waals surface area contributed by atoms with Crippen molar-refractivity contribution in [3.8, 4) is 11.3 Å². The second-order valence-electron chi connectivity index (χ2n) is 7.05. The van der Waals surface area contributed by atoms with Gasteiger partial charge in [0.05, 0.1) is 6.20 Å². The molecule has 0 radical (unpaired) electrons. The maximum Gasteiger partial charge on any atom is 0.220 e. The summed E-state index contributed by atoms with van der Waals surface area (Å²) in [5.41, 5.74) is 2.36. The fourth-order valence-corrected chi connectivity index (χ4v) is 3.39. The Morgan fingerprint density at radius 2 is 1.85 bits per heavy atom. The van der Waals surface area contributed by atoms with Gasteiger partial charge >= 0.3 is 0 Å². The van der Waals surface area contributed by atoms with Gasteiger partial charge in [-0.05, 0) is 42.7 Å². The number of nitrogens with zero attached hydrogens (tertiary/aromatic N) is 1. The van der Waals surface area contributed by atoms with Crippen molar-refractivity contribution in [3.05, 3.63) is 77.3 Å². The maximum absolute atomic E-state index is 12.2. The van der Waals surface area contributed by atoms with E-state index in [9.17, 15) is 4.79 Å². The highest BCUT2D eigenvalue weighted by Gasteiger charge is 2.44. The molecule has 1 aromatic heterocycles. The Morgan fingerprint density at radius 3 is 2.56 bits per heavy atom. The minimum absolute atomic E-state index is 0.0310. The molecule has 1 aliphatic rings. The number of amides is 1. The summed E-state index contributed by atoms with van der Waals surface area (Å²) in [6, 6.07) is 17.8. The number of oxazole rings is 1. The van der Waals surface area contributed by atoms with Gasteiger partial charge in [0.25, 0.3) is 0 Å². The molecule has 1 N–H and O–H groups in total. The molecule has 0 atom stereocenters. The quantitative estimate of drug-likeness (QED) is 0.642. The van der Waals surface area contributed by atoms with Crippen molar-refractivity contribution in [3.63, 3.8) is 0 Å². The van der Waals surface area contributed by atoms with Crippen LogP contribution in [0.3, 0.4) is 0 Å². The lowest BCUT2D eigenvalue weighted by atomic mass is 9.96. The van der Waals surface area contributed by atoms with E-state index in [0.29, 0.717) is 36.1 Å². The average Bonchev–Trinajstić information content (AvgIpc) is 3.35. The van der Waals surface area contributed by atoms with Gasteiger partial charge in [-0.25, -0.2) is 4.98 Å². The van der Waals surface area contributed by atoms with Gasteiger partial charge in [-0.1, -0.05) is 41.9 Å². The van der Waals surface area contributed by atoms with Crippen molar-refractivity contribution in [1.29, 1.82) is 0 Å². The zero-order valence-electron chi connectivity index (χ0n) is 15.0. The molecule has 5 heteroatoms. The Hall–Kier alpha value is -2.59. The fraction of sp³-hybridized carbons (Fsp3) is 0.273. The van der Waals surface area contributed by atoms with E-state index in [4.69, 9.17) is 16.0 Å². The fourth-order valence-electron chi connectivity index (χ4n) is 3.26. The first-order chi connectivity index (χ1) is 13.1. The number of aromatic nitrogens is 1. The third kappa shape index (κ3) is 4.22. The molecule has 27 heavy (non-hydrogen) atoms. The number of carbonyl (C=O) groups is 1. The number of hydrogen-bond acceptors (Lipinski definition) is 3. The summed E-state index contributed by atoms with van der Waals surface area (Å²) in [7, 11) is 0. The van der Waals surface area contributed by atoms with Crippen LogP contribution in [0.25, 0.3) is 11.3 Å². The topological polar surface area (TPSA) is 55.1 Å². The number of rotatable bonds is 7. The van der Waals surface area contributed by atoms with E-state index in [1.54, 1.807) is 6.20 Å². The van der Waals surface area contributed by atoms with E-state index in [1.165, 1.54) is 5.56 Å². The zero-order valence-corrected chi connectivity index (χ0v) is 15.7. The van der Waals surface area contributed by atoms with Crippen LogP contribution in [0.5, 0.6) is 0 Å². The largest absolute Gasteiger partial charge is 0.441 e. The molecule has 1 heterocycles. The smallest absolute Gasteiger partial charge is 0.220 e. The molecule has 1 aliphatic carbocycles. The van der Waals surface area contributed by atoms with Gasteiger partial charge in [0.2, 0.25) is 5.91 Å². The summed E-state index contributed by atoms with van der Waals surface area (Å²) in [5, 5.41) is 3.76. The van der Waals surface area contributed by atoms with E-state index >= 15 is 0 Å². The van der Waals surface area contributed by atoms with Crippen molar-refractivity contribution in [2.24, 2.45) is 0 Å². The second kappa shape index (κ2) is 7.57. The first-order valence-corrected chi connectivity index (χ1v) is 9.55. The van der Waals surface area contributed by atoms with Gasteiger partial charge in [0, 0.05) is 35.4 Å². The molecule has 0 saturated heterocycles. The van der Waals surface area contributed by atoms with Gasteiger partial charge in [-0.2, -0.15) is 0 Å². The van der Waals surface area contributed by atoms with Crippen LogP contribution in [0, 0.1) is 0 Å². The summed E-state index contributed by atoms with van der Waals surface area (Å²) >= 11 is 5.90. The zero-order chi connectivity index (χ0) is 18.7. The number of hydrogen-bond donors (Lipinski definition) is 1. The molecule has 1 saturated carbocycles. The molecule has 0 aliphatic heterocycles. The summed E-state index contributed by atoms with van der Waals surface area (Å²) in [6.45, 7) is 0.692. The number of benzene rings is 2. The van der Waals surface area contributed by atoms with Gasteiger partial charge < -0.3 is 9.73 Å². The maximum atomic E-state index is 12.2. The lowest BCUT2D eigenvalue weighted by molar-refractivity contribution is -0.121. The van der Waals surface area contributed by atoms with Crippen LogP contribution in [0.4, 0.5) is 0 Å². The number of aryl methyl sites for hydroxylation is 1. The van der Waals surface area contributed by atoms with E-state index in [2.05, 4.69) is 34.6 Å². The average molecular weight is 381 g/mol. The van der Waals surface area contributed by atoms with Crippen LogP contribution in [0.2, 0.25) is 5.02 Å². The molecule has 4 nitrogen and oxygen atoms in total. The minimum atomic E-state index is 0.0310. The van der Waals surface area contributed by atoms with E-state index in [-0.39, 0.29) is 11.3 Å². The molecule has 2 aromatic carbocycles. The van der Waals surface area contributed by atoms with Crippen molar-refractivity contribution in [2.45, 2.75) is 31.1 Å². The Kier molecular flexibility index (Phi) is 4.99. The molecule has 0 spiro atoms. The van der Waals surface area contributed by atoms with Crippen LogP contribution in [0.15, 0.2) is 65.2 Å². The molecule has 4 rings (SSSR count). The Balaban J connectivity index is 1.28. The lowest BCUT2D eigenvalue weighted by Gasteiger charge is -2.16. The number of carbonyl (C=O) groups excluding carboxylic acids is 1. The van der Waals surface area contributed by atoms with Crippen molar-refractivity contribution >= 4 is 17.5 Å². The molecule has 1 amide bonds. The highest BCUT2D eigenvalue weighted by atomic mass is 35.5. The van der Waals surface area contributed by atoms with Gasteiger partial charge in [-0.15, -0.1) is 0 Å². The molecular weight excluding hydrogens is 360 g/mol. The summed E-state index contributed by atoms with van der Waals surface area (Å²) in [6.07, 6.45) is 4.79. The highest BCUT2D eigenvalue weighted by molar-refractivity contribution is 6.30. The molecule has 1 fully saturated rings. The number of halogens is 1. The van der Waals surface area contributed by atoms with E-state index in [0.717, 1.165) is 18.4 Å². The Labute approximate surface area is 163 Å². The monoisotopic (exact) mass is 380 g/mol. The minimum Gasteiger partial charge on any atom is -0.441 e. The van der Waals surface area contributed by atoms with Gasteiger partial charge in [0.15, 0.2) is 11.7 Å². The van der Waals surface area contributed by atoms with Crippen LogP contribution in [-0.2, 0) is 16.6 Å². The molecule has 138 valence electrons. The standard InChI is InChI=1S/C22H21ClN2O2/c23-18-8-6-16(7-9-18)19-14-24-21(27-19)11-10-20(26)25-15-22(12-13-22)17-4-2-1-3-5-17/h1-9,14H,10-13,15H2,(H,25,26). The normalized spacial score (nSPS) is 14.7. The van der Waals surface area contributed by atoms with Crippen LogP contribution in [0.1, 0.15) is 30.7 Å². The van der Waals surface area contributed by atoms with Crippen molar-refractivity contribution in [1.82, 2.24) is 10.3 Å². The van der Waals surface area contributed by atoms with E-state index in [1.807, 2.05) is 30.3 Å². The molecule has 3 aromatic rings. The first-order valence-electron chi connectivity index (χ1n) is 9.18. The van der Waals surface area contributed by atoms with Gasteiger partial charge in [0.1, 0.15) is 0 Å². The summed E-state index contributed by atoms with van der Waals surface area (Å²) in [4.78, 5) is 16.5. The molecule has 0 unspecified atom stereocenters.